The number of fused-ring (bicyclic) bond motifs is 1. The number of hydrogen-bond donors (Lipinski definition) is 1. The quantitative estimate of drug-likeness (QED) is 0.436. The number of benzene rings is 2. The molecule has 0 saturated carbocycles. The minimum Gasteiger partial charge on any atom is -0.375 e. The lowest BCUT2D eigenvalue weighted by molar-refractivity contribution is 0.344. The fourth-order valence-electron chi connectivity index (χ4n) is 3.06. The van der Waals surface area contributed by atoms with Crippen molar-refractivity contribution in [3.05, 3.63) is 87.5 Å². The van der Waals surface area contributed by atoms with Crippen molar-refractivity contribution in [3.8, 4) is 0 Å². The third kappa shape index (κ3) is 4.52. The maximum absolute atomic E-state index is 12.9. The third-order valence-corrected chi connectivity index (χ3v) is 7.29. The van der Waals surface area contributed by atoms with Crippen molar-refractivity contribution in [1.82, 2.24) is 9.56 Å². The van der Waals surface area contributed by atoms with E-state index in [0.717, 1.165) is 20.6 Å². The molecule has 0 amide bonds. The van der Waals surface area contributed by atoms with Gasteiger partial charge in [0.2, 0.25) is 0 Å². The van der Waals surface area contributed by atoms with Gasteiger partial charge in [-0.1, -0.05) is 18.2 Å². The third-order valence-electron chi connectivity index (χ3n) is 4.82. The highest BCUT2D eigenvalue weighted by molar-refractivity contribution is 7.98. The summed E-state index contributed by atoms with van der Waals surface area (Å²) in [5.41, 5.74) is 3.16. The number of anilines is 1. The van der Waals surface area contributed by atoms with Gasteiger partial charge in [-0.3, -0.25) is 9.52 Å². The molecule has 31 heavy (non-hydrogen) atoms. The van der Waals surface area contributed by atoms with Crippen molar-refractivity contribution in [2.45, 2.75) is 36.3 Å². The molecule has 0 fully saturated rings. The second-order valence-corrected chi connectivity index (χ2v) is 9.92. The summed E-state index contributed by atoms with van der Waals surface area (Å²) in [7, 11) is -3.74. The molecular formula is C22H21N3O4S2. The zero-order valence-electron chi connectivity index (χ0n) is 17.2. The summed E-state index contributed by atoms with van der Waals surface area (Å²) in [6.45, 7) is 5.57. The molecule has 0 unspecified atom stereocenters. The molecule has 160 valence electrons. The Kier molecular flexibility index (Phi) is 5.63. The van der Waals surface area contributed by atoms with Crippen LogP contribution >= 0.6 is 11.8 Å². The molecular weight excluding hydrogens is 434 g/mol. The summed E-state index contributed by atoms with van der Waals surface area (Å²) < 4.78 is 34.9. The lowest BCUT2D eigenvalue weighted by Crippen LogP contribution is -2.14. The van der Waals surface area contributed by atoms with Crippen LogP contribution in [-0.4, -0.2) is 18.0 Å². The Hall–Kier alpha value is -3.04. The highest BCUT2D eigenvalue weighted by Crippen LogP contribution is 2.31. The zero-order chi connectivity index (χ0) is 22.2. The minimum absolute atomic E-state index is 0.214. The Balaban J connectivity index is 1.57. The number of rotatable bonds is 6. The van der Waals surface area contributed by atoms with Crippen LogP contribution in [0.3, 0.4) is 0 Å². The summed E-state index contributed by atoms with van der Waals surface area (Å²) in [5.74, 6) is 0.999. The first-order valence-corrected chi connectivity index (χ1v) is 12.0. The second kappa shape index (κ2) is 8.24. The fourth-order valence-corrected chi connectivity index (χ4v) is 5.19. The van der Waals surface area contributed by atoms with Gasteiger partial charge in [-0.15, -0.1) is 16.3 Å². The van der Waals surface area contributed by atoms with E-state index in [1.54, 1.807) is 43.3 Å². The van der Waals surface area contributed by atoms with E-state index in [9.17, 15) is 13.2 Å². The molecule has 2 aromatic carbocycles. The number of aromatic nitrogens is 2. The number of hydrogen-bond acceptors (Lipinski definition) is 6. The molecule has 0 spiro atoms. The maximum atomic E-state index is 12.9. The number of nitrogens with one attached hydrogen (secondary N) is 1. The van der Waals surface area contributed by atoms with Gasteiger partial charge in [-0.05, 0) is 56.2 Å². The maximum Gasteiger partial charge on any atom is 0.287 e. The van der Waals surface area contributed by atoms with E-state index in [2.05, 4.69) is 9.71 Å². The van der Waals surface area contributed by atoms with E-state index in [1.165, 1.54) is 17.8 Å². The van der Waals surface area contributed by atoms with Crippen LogP contribution in [0.2, 0.25) is 0 Å². The van der Waals surface area contributed by atoms with Gasteiger partial charge in [0.15, 0.2) is 5.65 Å². The van der Waals surface area contributed by atoms with E-state index in [4.69, 9.17) is 4.52 Å². The molecule has 1 N–H and O–H groups in total. The molecule has 9 heteroatoms. The Morgan fingerprint density at radius 3 is 2.58 bits per heavy atom. The minimum atomic E-state index is -3.74. The first kappa shape index (κ1) is 21.2. The Morgan fingerprint density at radius 2 is 1.81 bits per heavy atom. The molecule has 0 aliphatic carbocycles. The number of sulfonamides is 1. The largest absolute Gasteiger partial charge is 0.375 e. The van der Waals surface area contributed by atoms with Gasteiger partial charge in [0.25, 0.3) is 15.6 Å². The van der Waals surface area contributed by atoms with Crippen molar-refractivity contribution < 1.29 is 12.9 Å². The van der Waals surface area contributed by atoms with Crippen LogP contribution in [0, 0.1) is 20.8 Å². The van der Waals surface area contributed by atoms with Crippen LogP contribution < -0.4 is 10.3 Å². The van der Waals surface area contributed by atoms with Gasteiger partial charge in [0, 0.05) is 22.8 Å². The molecule has 4 aromatic rings. The highest BCUT2D eigenvalue weighted by Gasteiger charge is 2.17. The molecule has 2 heterocycles. The zero-order valence-corrected chi connectivity index (χ0v) is 18.9. The van der Waals surface area contributed by atoms with Crippen molar-refractivity contribution >= 4 is 33.1 Å². The van der Waals surface area contributed by atoms with Gasteiger partial charge in [0.05, 0.1) is 16.3 Å². The lowest BCUT2D eigenvalue weighted by Gasteiger charge is -2.13. The molecule has 0 saturated heterocycles. The monoisotopic (exact) mass is 455 g/mol. The van der Waals surface area contributed by atoms with E-state index in [-0.39, 0.29) is 10.5 Å². The Bertz CT molecular complexity index is 1440. The molecule has 0 aliphatic heterocycles. The van der Waals surface area contributed by atoms with Crippen molar-refractivity contribution in [2.75, 3.05) is 4.72 Å². The summed E-state index contributed by atoms with van der Waals surface area (Å²) >= 11 is 1.40. The summed E-state index contributed by atoms with van der Waals surface area (Å²) in [5, 5.41) is 0. The Morgan fingerprint density at radius 1 is 1.03 bits per heavy atom. The molecule has 2 aromatic heterocycles. The van der Waals surface area contributed by atoms with Crippen molar-refractivity contribution in [1.29, 1.82) is 0 Å². The Labute approximate surface area is 184 Å². The second-order valence-electron chi connectivity index (χ2n) is 7.22. The SMILES string of the molecule is Cc1cc2nc(CSc3ccccc3NS(=O)(=O)c3ccc(C)c(C)c3)cc(=O)n2o1. The van der Waals surface area contributed by atoms with Crippen LogP contribution in [0.4, 0.5) is 5.69 Å². The lowest BCUT2D eigenvalue weighted by atomic mass is 10.1. The van der Waals surface area contributed by atoms with E-state index >= 15 is 0 Å². The standard InChI is InChI=1S/C22H21N3O4S2/c1-14-8-9-18(10-15(14)2)31(27,28)24-19-6-4-5-7-20(19)30-13-17-12-22(26)25-21(23-17)11-16(3)29-25/h4-12,24H,13H2,1-3H3. The average molecular weight is 456 g/mol. The first-order valence-electron chi connectivity index (χ1n) is 9.54. The molecule has 0 atom stereocenters. The molecule has 0 radical (unpaired) electrons. The van der Waals surface area contributed by atoms with Gasteiger partial charge >= 0.3 is 0 Å². The summed E-state index contributed by atoms with van der Waals surface area (Å²) in [6.07, 6.45) is 0. The van der Waals surface area contributed by atoms with Gasteiger partial charge in [0.1, 0.15) is 5.76 Å². The van der Waals surface area contributed by atoms with Crippen LogP contribution in [0.25, 0.3) is 5.65 Å². The number of nitrogens with zero attached hydrogens (tertiary/aromatic N) is 2. The van der Waals surface area contributed by atoms with Gasteiger partial charge < -0.3 is 4.52 Å². The number of thioether (sulfide) groups is 1. The molecule has 0 aliphatic rings. The molecule has 4 rings (SSSR count). The molecule has 0 bridgehead atoms. The van der Waals surface area contributed by atoms with Crippen LogP contribution in [0.1, 0.15) is 22.6 Å². The fraction of sp³-hybridized carbons (Fsp3) is 0.182. The summed E-state index contributed by atoms with van der Waals surface area (Å²) in [6, 6.07) is 15.3. The van der Waals surface area contributed by atoms with E-state index in [1.807, 2.05) is 26.0 Å². The van der Waals surface area contributed by atoms with Gasteiger partial charge in [-0.2, -0.15) is 0 Å². The van der Waals surface area contributed by atoms with Gasteiger partial charge in [-0.25, -0.2) is 13.4 Å². The smallest absolute Gasteiger partial charge is 0.287 e. The predicted octanol–water partition coefficient (Wildman–Crippen LogP) is 4.31. The molecule has 7 nitrogen and oxygen atoms in total. The first-order chi connectivity index (χ1) is 14.7. The van der Waals surface area contributed by atoms with Crippen molar-refractivity contribution in [2.24, 2.45) is 0 Å². The number of para-hydroxylation sites is 1. The highest BCUT2D eigenvalue weighted by atomic mass is 32.2. The van der Waals surface area contributed by atoms with Crippen molar-refractivity contribution in [3.63, 3.8) is 0 Å². The number of aryl methyl sites for hydroxylation is 3. The summed E-state index contributed by atoms with van der Waals surface area (Å²) in [4.78, 5) is 17.6. The van der Waals surface area contributed by atoms with Crippen LogP contribution in [-0.2, 0) is 15.8 Å². The predicted molar refractivity (Wildman–Crippen MR) is 121 cm³/mol. The average Bonchev–Trinajstić information content (AvgIpc) is 3.10. The normalized spacial score (nSPS) is 11.7. The van der Waals surface area contributed by atoms with Crippen LogP contribution in [0.5, 0.6) is 0 Å². The topological polar surface area (TPSA) is 93.7 Å². The van der Waals surface area contributed by atoms with E-state index in [0.29, 0.717) is 28.5 Å². The van der Waals surface area contributed by atoms with E-state index < -0.39 is 10.0 Å². The van der Waals surface area contributed by atoms with Crippen LogP contribution in [0.15, 0.2) is 73.7 Å².